The largest absolute Gasteiger partial charge is 0.357 e. The average Bonchev–Trinajstić information content (AvgIpc) is 2.42. The molecule has 0 radical (unpaired) electrons. The molecular weight excluding hydrogens is 270 g/mol. The molecule has 0 saturated carbocycles. The van der Waals surface area contributed by atoms with E-state index in [9.17, 15) is 0 Å². The van der Waals surface area contributed by atoms with Crippen LogP contribution in [0.3, 0.4) is 0 Å². The summed E-state index contributed by atoms with van der Waals surface area (Å²) >= 11 is 5.92. The highest BCUT2D eigenvalue weighted by molar-refractivity contribution is 6.30. The topological polar surface area (TPSA) is 36.4 Å². The van der Waals surface area contributed by atoms with Gasteiger partial charge in [-0.2, -0.15) is 0 Å². The Labute approximate surface area is 126 Å². The van der Waals surface area contributed by atoms with Crippen molar-refractivity contribution in [1.82, 2.24) is 10.6 Å². The molecule has 0 aromatic heterocycles. The minimum Gasteiger partial charge on any atom is -0.357 e. The van der Waals surface area contributed by atoms with Gasteiger partial charge in [0, 0.05) is 17.0 Å². The van der Waals surface area contributed by atoms with Crippen LogP contribution in [0.25, 0.3) is 0 Å². The second-order valence-electron chi connectivity index (χ2n) is 5.14. The van der Waals surface area contributed by atoms with Gasteiger partial charge in [0.2, 0.25) is 0 Å². The molecule has 0 bridgehead atoms. The van der Waals surface area contributed by atoms with E-state index in [1.807, 2.05) is 31.2 Å². The van der Waals surface area contributed by atoms with E-state index in [1.165, 1.54) is 5.56 Å². The molecule has 0 heterocycles. The number of aliphatic imine (C=N–C) groups is 1. The maximum absolute atomic E-state index is 5.92. The van der Waals surface area contributed by atoms with Crippen molar-refractivity contribution in [2.24, 2.45) is 4.99 Å². The van der Waals surface area contributed by atoms with Crippen molar-refractivity contribution in [2.45, 2.75) is 26.2 Å². The van der Waals surface area contributed by atoms with Crippen LogP contribution in [-0.2, 0) is 5.41 Å². The van der Waals surface area contributed by atoms with Crippen LogP contribution in [0, 0.1) is 12.3 Å². The van der Waals surface area contributed by atoms with Crippen molar-refractivity contribution < 1.29 is 0 Å². The van der Waals surface area contributed by atoms with Gasteiger partial charge in [0.25, 0.3) is 0 Å². The summed E-state index contributed by atoms with van der Waals surface area (Å²) in [4.78, 5) is 4.59. The monoisotopic (exact) mass is 291 g/mol. The summed E-state index contributed by atoms with van der Waals surface area (Å²) in [6, 6.07) is 7.90. The van der Waals surface area contributed by atoms with E-state index in [-0.39, 0.29) is 5.41 Å². The molecule has 0 atom stereocenters. The van der Waals surface area contributed by atoms with Gasteiger partial charge in [0.1, 0.15) is 0 Å². The van der Waals surface area contributed by atoms with Gasteiger partial charge in [-0.3, -0.25) is 4.99 Å². The van der Waals surface area contributed by atoms with E-state index in [0.717, 1.165) is 17.5 Å². The number of nitrogens with zero attached hydrogens (tertiary/aromatic N) is 1. The Morgan fingerprint density at radius 1 is 1.30 bits per heavy atom. The summed E-state index contributed by atoms with van der Waals surface area (Å²) in [6.45, 7) is 8.27. The Balaban J connectivity index is 2.77. The molecule has 2 N–H and O–H groups in total. The minimum atomic E-state index is -0.0664. The molecule has 1 aromatic rings. The van der Waals surface area contributed by atoms with Gasteiger partial charge in [-0.25, -0.2) is 0 Å². The lowest BCUT2D eigenvalue weighted by atomic mass is 9.85. The number of guanidine groups is 1. The van der Waals surface area contributed by atoms with Crippen LogP contribution in [-0.4, -0.2) is 25.6 Å². The summed E-state index contributed by atoms with van der Waals surface area (Å²) in [5.74, 6) is 3.29. The highest BCUT2D eigenvalue weighted by Crippen LogP contribution is 2.24. The highest BCUT2D eigenvalue weighted by atomic mass is 35.5. The van der Waals surface area contributed by atoms with Crippen molar-refractivity contribution in [1.29, 1.82) is 0 Å². The third-order valence-corrected chi connectivity index (χ3v) is 3.21. The number of halogens is 1. The second kappa shape index (κ2) is 7.81. The summed E-state index contributed by atoms with van der Waals surface area (Å²) < 4.78 is 0. The van der Waals surface area contributed by atoms with Crippen LogP contribution in [0.5, 0.6) is 0 Å². The third-order valence-electron chi connectivity index (χ3n) is 2.96. The lowest BCUT2D eigenvalue weighted by molar-refractivity contribution is 0.538. The fourth-order valence-electron chi connectivity index (χ4n) is 1.75. The van der Waals surface area contributed by atoms with Gasteiger partial charge >= 0.3 is 0 Å². The lowest BCUT2D eigenvalue weighted by Crippen LogP contribution is -2.38. The molecular formula is C16H22ClN3. The summed E-state index contributed by atoms with van der Waals surface area (Å²) in [5.41, 5.74) is 1.14. The zero-order chi connectivity index (χ0) is 15.0. The molecule has 0 saturated heterocycles. The molecule has 1 aromatic carbocycles. The number of nitrogens with one attached hydrogen (secondary N) is 2. The van der Waals surface area contributed by atoms with Crippen LogP contribution >= 0.6 is 11.6 Å². The van der Waals surface area contributed by atoms with Gasteiger partial charge in [0.05, 0.1) is 13.1 Å². The molecule has 108 valence electrons. The van der Waals surface area contributed by atoms with Crippen LogP contribution < -0.4 is 10.6 Å². The van der Waals surface area contributed by atoms with E-state index < -0.39 is 0 Å². The van der Waals surface area contributed by atoms with E-state index in [0.29, 0.717) is 13.1 Å². The third kappa shape index (κ3) is 5.14. The first-order chi connectivity index (χ1) is 9.49. The molecule has 0 amide bonds. The molecule has 0 aliphatic carbocycles. The van der Waals surface area contributed by atoms with E-state index in [1.54, 1.807) is 0 Å². The first-order valence-corrected chi connectivity index (χ1v) is 7.09. The Kier molecular flexibility index (Phi) is 6.41. The van der Waals surface area contributed by atoms with Crippen molar-refractivity contribution in [3.8, 4) is 12.3 Å². The Morgan fingerprint density at radius 2 is 1.95 bits per heavy atom. The first kappa shape index (κ1) is 16.4. The number of rotatable bonds is 5. The molecule has 4 heteroatoms. The molecule has 0 unspecified atom stereocenters. The van der Waals surface area contributed by atoms with Gasteiger partial charge in [0.15, 0.2) is 5.96 Å². The Bertz CT molecular complexity index is 483. The van der Waals surface area contributed by atoms with E-state index >= 15 is 0 Å². The maximum atomic E-state index is 5.92. The summed E-state index contributed by atoms with van der Waals surface area (Å²) in [5, 5.41) is 7.01. The number of terminal acetylenes is 1. The number of hydrogen-bond acceptors (Lipinski definition) is 1. The second-order valence-corrected chi connectivity index (χ2v) is 5.58. The van der Waals surface area contributed by atoms with Gasteiger partial charge in [-0.05, 0) is 24.6 Å². The summed E-state index contributed by atoms with van der Waals surface area (Å²) in [7, 11) is 0. The number of hydrogen-bond donors (Lipinski definition) is 2. The first-order valence-electron chi connectivity index (χ1n) is 6.71. The number of benzene rings is 1. The average molecular weight is 292 g/mol. The standard InChI is InChI=1S/C16H22ClN3/c1-5-11-19-15(18-6-2)20-12-16(3,4)13-7-9-14(17)10-8-13/h1,7-10H,6,11-12H2,2-4H3,(H2,18,19,20). The van der Waals surface area contributed by atoms with Crippen LogP contribution in [0.1, 0.15) is 26.3 Å². The van der Waals surface area contributed by atoms with E-state index in [2.05, 4.69) is 35.4 Å². The predicted octanol–water partition coefficient (Wildman–Crippen LogP) is 2.81. The molecule has 0 aliphatic rings. The predicted molar refractivity (Wildman–Crippen MR) is 87.3 cm³/mol. The minimum absolute atomic E-state index is 0.0664. The smallest absolute Gasteiger partial charge is 0.192 e. The molecule has 0 spiro atoms. The molecule has 0 aliphatic heterocycles. The quantitative estimate of drug-likeness (QED) is 0.497. The lowest BCUT2D eigenvalue weighted by Gasteiger charge is -2.24. The zero-order valence-electron chi connectivity index (χ0n) is 12.3. The molecule has 0 fully saturated rings. The summed E-state index contributed by atoms with van der Waals surface area (Å²) in [6.07, 6.45) is 5.25. The molecule has 3 nitrogen and oxygen atoms in total. The van der Waals surface area contributed by atoms with Crippen molar-refractivity contribution in [3.63, 3.8) is 0 Å². The van der Waals surface area contributed by atoms with Gasteiger partial charge in [-0.15, -0.1) is 6.42 Å². The van der Waals surface area contributed by atoms with Crippen molar-refractivity contribution >= 4 is 17.6 Å². The normalized spacial score (nSPS) is 11.8. The molecule has 1 rings (SSSR count). The maximum Gasteiger partial charge on any atom is 0.192 e. The fourth-order valence-corrected chi connectivity index (χ4v) is 1.87. The Morgan fingerprint density at radius 3 is 2.50 bits per heavy atom. The van der Waals surface area contributed by atoms with Crippen LogP contribution in [0.2, 0.25) is 5.02 Å². The Hall–Kier alpha value is -1.66. The van der Waals surface area contributed by atoms with E-state index in [4.69, 9.17) is 18.0 Å². The van der Waals surface area contributed by atoms with Crippen LogP contribution in [0.15, 0.2) is 29.3 Å². The van der Waals surface area contributed by atoms with Crippen LogP contribution in [0.4, 0.5) is 0 Å². The van der Waals surface area contributed by atoms with Crippen molar-refractivity contribution in [2.75, 3.05) is 19.6 Å². The fraction of sp³-hybridized carbons (Fsp3) is 0.438. The SMILES string of the molecule is C#CCNC(=NCC(C)(C)c1ccc(Cl)cc1)NCC. The van der Waals surface area contributed by atoms with Gasteiger partial charge in [-0.1, -0.05) is 43.5 Å². The zero-order valence-corrected chi connectivity index (χ0v) is 13.1. The van der Waals surface area contributed by atoms with Crippen molar-refractivity contribution in [3.05, 3.63) is 34.9 Å². The highest BCUT2D eigenvalue weighted by Gasteiger charge is 2.20. The van der Waals surface area contributed by atoms with Gasteiger partial charge < -0.3 is 10.6 Å². The molecule has 20 heavy (non-hydrogen) atoms.